The van der Waals surface area contributed by atoms with Gasteiger partial charge in [0.05, 0.1) is 18.2 Å². The van der Waals surface area contributed by atoms with Gasteiger partial charge < -0.3 is 24.4 Å². The Morgan fingerprint density at radius 2 is 2.24 bits per heavy atom. The van der Waals surface area contributed by atoms with Crippen LogP contribution in [0.1, 0.15) is 10.4 Å². The molecule has 0 unspecified atom stereocenters. The molecule has 2 aromatic rings. The highest BCUT2D eigenvalue weighted by Gasteiger charge is 2.39. The third kappa shape index (κ3) is 4.45. The molecule has 0 aliphatic carbocycles. The normalized spacial score (nSPS) is 17.5. The lowest BCUT2D eigenvalue weighted by molar-refractivity contribution is -0.128. The molecule has 0 radical (unpaired) electrons. The van der Waals surface area contributed by atoms with Crippen LogP contribution in [0.5, 0.6) is 11.5 Å². The Morgan fingerprint density at radius 3 is 2.94 bits per heavy atom. The molecule has 4 rings (SSSR count). The molecular weight excluding hydrogens is 485 g/mol. The second-order valence-corrected chi connectivity index (χ2v) is 9.17. The largest absolute Gasteiger partial charge is 0.507 e. The lowest BCUT2D eigenvalue weighted by Crippen LogP contribution is -2.57. The highest BCUT2D eigenvalue weighted by molar-refractivity contribution is 7.99. The number of nitrogens with zero attached hydrogens (tertiary/aromatic N) is 3. The van der Waals surface area contributed by atoms with Crippen LogP contribution in [0.15, 0.2) is 35.9 Å². The third-order valence-corrected chi connectivity index (χ3v) is 6.97. The number of phenols is 1. The maximum Gasteiger partial charge on any atom is 0.260 e. The summed E-state index contributed by atoms with van der Waals surface area (Å²) in [4.78, 5) is 33.5. The fraction of sp³-hybridized carbons (Fsp3) is 0.348. The first-order chi connectivity index (χ1) is 16.4. The van der Waals surface area contributed by atoms with E-state index in [1.807, 2.05) is 0 Å². The molecule has 1 atom stereocenters. The lowest BCUT2D eigenvalue weighted by Gasteiger charge is -2.39. The Hall–Kier alpha value is -2.82. The summed E-state index contributed by atoms with van der Waals surface area (Å²) in [7, 11) is 1.56. The summed E-state index contributed by atoms with van der Waals surface area (Å²) in [5.41, 5.74) is -0.0200. The van der Waals surface area contributed by atoms with Gasteiger partial charge in [-0.3, -0.25) is 9.59 Å². The number of fused-ring (bicyclic) bond motifs is 2. The number of benzene rings is 1. The van der Waals surface area contributed by atoms with Crippen molar-refractivity contribution in [1.29, 1.82) is 0 Å². The van der Waals surface area contributed by atoms with E-state index < -0.39 is 11.9 Å². The molecule has 0 saturated carbocycles. The summed E-state index contributed by atoms with van der Waals surface area (Å²) >= 11 is 7.87. The number of hydrogen-bond donors (Lipinski definition) is 1. The van der Waals surface area contributed by atoms with Crippen LogP contribution in [0.3, 0.4) is 0 Å². The first kappa shape index (κ1) is 24.3. The SMILES string of the molecule is C=CC(=O)N1CCN2C(=O)c3c(SCCOC)nc(-c4c(O)cccc4F)c(Cl)c3OC[C@H]2C1. The number of rotatable bonds is 6. The molecule has 1 aromatic heterocycles. The molecular formula is C23H23ClFN3O5S. The molecule has 0 bridgehead atoms. The molecule has 34 heavy (non-hydrogen) atoms. The summed E-state index contributed by atoms with van der Waals surface area (Å²) in [5, 5.41) is 10.6. The van der Waals surface area contributed by atoms with E-state index in [1.165, 1.54) is 36.0 Å². The number of thioether (sulfide) groups is 1. The van der Waals surface area contributed by atoms with Crippen LogP contribution in [-0.4, -0.2) is 83.5 Å². The van der Waals surface area contributed by atoms with Crippen molar-refractivity contribution in [3.05, 3.63) is 47.3 Å². The van der Waals surface area contributed by atoms with E-state index in [-0.39, 0.29) is 58.3 Å². The average Bonchev–Trinajstić information content (AvgIpc) is 2.97. The van der Waals surface area contributed by atoms with Crippen molar-refractivity contribution in [1.82, 2.24) is 14.8 Å². The zero-order chi connectivity index (χ0) is 24.4. The lowest BCUT2D eigenvalue weighted by atomic mass is 10.1. The van der Waals surface area contributed by atoms with E-state index in [0.717, 1.165) is 0 Å². The summed E-state index contributed by atoms with van der Waals surface area (Å²) in [6.45, 7) is 4.94. The van der Waals surface area contributed by atoms with Gasteiger partial charge in [-0.1, -0.05) is 24.2 Å². The second kappa shape index (κ2) is 10.2. The van der Waals surface area contributed by atoms with E-state index in [0.29, 0.717) is 30.5 Å². The van der Waals surface area contributed by atoms with Gasteiger partial charge in [-0.25, -0.2) is 9.37 Å². The molecule has 3 heterocycles. The number of phenolic OH excluding ortho intramolecular Hbond substituents is 1. The Labute approximate surface area is 205 Å². The van der Waals surface area contributed by atoms with Crippen LogP contribution in [0.2, 0.25) is 5.02 Å². The number of piperazine rings is 1. The van der Waals surface area contributed by atoms with Gasteiger partial charge >= 0.3 is 0 Å². The number of aromatic nitrogens is 1. The quantitative estimate of drug-likeness (QED) is 0.364. The number of ether oxygens (including phenoxy) is 2. The van der Waals surface area contributed by atoms with Gasteiger partial charge in [0.1, 0.15) is 39.5 Å². The van der Waals surface area contributed by atoms with Crippen molar-refractivity contribution in [2.75, 3.05) is 45.7 Å². The minimum atomic E-state index is -0.710. The van der Waals surface area contributed by atoms with Gasteiger partial charge in [0.15, 0.2) is 5.75 Å². The van der Waals surface area contributed by atoms with E-state index >= 15 is 0 Å². The van der Waals surface area contributed by atoms with Crippen LogP contribution >= 0.6 is 23.4 Å². The zero-order valence-electron chi connectivity index (χ0n) is 18.4. The number of halogens is 2. The van der Waals surface area contributed by atoms with Crippen molar-refractivity contribution in [2.45, 2.75) is 11.1 Å². The van der Waals surface area contributed by atoms with Crippen molar-refractivity contribution in [3.63, 3.8) is 0 Å². The minimum absolute atomic E-state index is 0.0212. The van der Waals surface area contributed by atoms with Gasteiger partial charge in [-0.2, -0.15) is 0 Å². The van der Waals surface area contributed by atoms with Gasteiger partial charge in [0, 0.05) is 32.5 Å². The summed E-state index contributed by atoms with van der Waals surface area (Å²) in [6, 6.07) is 3.48. The average molecular weight is 508 g/mol. The maximum atomic E-state index is 14.7. The smallest absolute Gasteiger partial charge is 0.260 e. The molecule has 1 N–H and O–H groups in total. The minimum Gasteiger partial charge on any atom is -0.507 e. The molecule has 1 aromatic carbocycles. The molecule has 1 saturated heterocycles. The van der Waals surface area contributed by atoms with Gasteiger partial charge in [0.25, 0.3) is 5.91 Å². The molecule has 1 fully saturated rings. The van der Waals surface area contributed by atoms with Crippen molar-refractivity contribution in [3.8, 4) is 22.8 Å². The number of amides is 2. The number of aromatic hydroxyl groups is 1. The number of carbonyl (C=O) groups excluding carboxylic acids is 2. The van der Waals surface area contributed by atoms with E-state index in [1.54, 1.807) is 16.9 Å². The highest BCUT2D eigenvalue weighted by atomic mass is 35.5. The molecule has 2 aliphatic heterocycles. The second-order valence-electron chi connectivity index (χ2n) is 7.71. The monoisotopic (exact) mass is 507 g/mol. The first-order valence-electron chi connectivity index (χ1n) is 10.6. The highest BCUT2D eigenvalue weighted by Crippen LogP contribution is 2.45. The van der Waals surface area contributed by atoms with Crippen LogP contribution in [0.25, 0.3) is 11.3 Å². The summed E-state index contributed by atoms with van der Waals surface area (Å²) < 4.78 is 25.8. The summed E-state index contributed by atoms with van der Waals surface area (Å²) in [6.07, 6.45) is 1.24. The van der Waals surface area contributed by atoms with Gasteiger partial charge in [-0.15, -0.1) is 11.8 Å². The molecule has 2 amide bonds. The van der Waals surface area contributed by atoms with E-state index in [2.05, 4.69) is 11.6 Å². The van der Waals surface area contributed by atoms with Crippen molar-refractivity contribution >= 4 is 35.2 Å². The first-order valence-corrected chi connectivity index (χ1v) is 11.9. The van der Waals surface area contributed by atoms with Crippen molar-refractivity contribution in [2.24, 2.45) is 0 Å². The van der Waals surface area contributed by atoms with Crippen LogP contribution < -0.4 is 4.74 Å². The maximum absolute atomic E-state index is 14.7. The van der Waals surface area contributed by atoms with Crippen LogP contribution in [-0.2, 0) is 9.53 Å². The number of carbonyl (C=O) groups is 2. The standard InChI is InChI=1S/C23H23ClFN3O5S/c1-3-16(30)27-7-8-28-13(11-27)12-33-21-18(23(28)31)22(34-10-9-32-2)26-20(19(21)24)17-14(25)5-4-6-15(17)29/h3-6,13,29H,1,7-12H2,2H3/t13-/m1/s1. The Balaban J connectivity index is 1.81. The third-order valence-electron chi connectivity index (χ3n) is 5.68. The van der Waals surface area contributed by atoms with E-state index in [9.17, 15) is 19.1 Å². The molecule has 2 aliphatic rings. The number of methoxy groups -OCH3 is 1. The number of pyridine rings is 1. The van der Waals surface area contributed by atoms with Crippen LogP contribution in [0, 0.1) is 5.82 Å². The predicted molar refractivity (Wildman–Crippen MR) is 126 cm³/mol. The fourth-order valence-electron chi connectivity index (χ4n) is 4.00. The zero-order valence-corrected chi connectivity index (χ0v) is 20.0. The fourth-order valence-corrected chi connectivity index (χ4v) is 5.21. The molecule has 0 spiro atoms. The Kier molecular flexibility index (Phi) is 7.30. The predicted octanol–water partition coefficient (Wildman–Crippen LogP) is 3.22. The Morgan fingerprint density at radius 1 is 1.44 bits per heavy atom. The van der Waals surface area contributed by atoms with Crippen molar-refractivity contribution < 1.29 is 28.6 Å². The summed E-state index contributed by atoms with van der Waals surface area (Å²) in [5.74, 6) is -1.05. The topological polar surface area (TPSA) is 92.2 Å². The van der Waals surface area contributed by atoms with E-state index in [4.69, 9.17) is 21.1 Å². The molecule has 8 nitrogen and oxygen atoms in total. The molecule has 180 valence electrons. The van der Waals surface area contributed by atoms with Crippen LogP contribution in [0.4, 0.5) is 4.39 Å². The molecule has 11 heteroatoms. The Bertz CT molecular complexity index is 1130. The van der Waals surface area contributed by atoms with Gasteiger partial charge in [-0.05, 0) is 18.2 Å². The van der Waals surface area contributed by atoms with Gasteiger partial charge in [0.2, 0.25) is 5.91 Å². The number of hydrogen-bond acceptors (Lipinski definition) is 7.